The zero-order valence-corrected chi connectivity index (χ0v) is 12.5. The van der Waals surface area contributed by atoms with E-state index >= 15 is 0 Å². The third-order valence-corrected chi connectivity index (χ3v) is 3.33. The first-order valence-corrected chi connectivity index (χ1v) is 6.91. The highest BCUT2D eigenvalue weighted by atomic mass is 15.3. The van der Waals surface area contributed by atoms with Crippen molar-refractivity contribution in [3.8, 4) is 16.9 Å². The zero-order valence-electron chi connectivity index (χ0n) is 12.5. The Morgan fingerprint density at radius 2 is 1.76 bits per heavy atom. The quantitative estimate of drug-likeness (QED) is 0.737. The first kappa shape index (κ1) is 13.4. The lowest BCUT2D eigenvalue weighted by molar-refractivity contribution is 0.865. The zero-order chi connectivity index (χ0) is 14.8. The Bertz CT molecular complexity index is 744. The number of aromatic nitrogens is 3. The van der Waals surface area contributed by atoms with Gasteiger partial charge in [-0.25, -0.2) is 9.67 Å². The summed E-state index contributed by atoms with van der Waals surface area (Å²) in [5.41, 5.74) is 4.25. The Morgan fingerprint density at radius 3 is 2.48 bits per heavy atom. The van der Waals surface area contributed by atoms with Crippen LogP contribution in [0.4, 0.5) is 5.82 Å². The van der Waals surface area contributed by atoms with Gasteiger partial charge in [0.1, 0.15) is 5.82 Å². The summed E-state index contributed by atoms with van der Waals surface area (Å²) in [6.07, 6.45) is 1.82. The molecule has 0 N–H and O–H groups in total. The minimum absolute atomic E-state index is 0.916. The number of hydrogen-bond donors (Lipinski definition) is 0. The minimum Gasteiger partial charge on any atom is -0.363 e. The Kier molecular flexibility index (Phi) is 3.44. The molecule has 0 saturated heterocycles. The second-order valence-electron chi connectivity index (χ2n) is 5.22. The SMILES string of the molecule is Cc1cc(-c2ccccc2)n(-c2ccnc(N(C)C)c2)n1. The molecule has 0 atom stereocenters. The second-order valence-corrected chi connectivity index (χ2v) is 5.22. The van der Waals surface area contributed by atoms with E-state index in [1.54, 1.807) is 0 Å². The number of rotatable bonds is 3. The van der Waals surface area contributed by atoms with E-state index in [-0.39, 0.29) is 0 Å². The van der Waals surface area contributed by atoms with Gasteiger partial charge in [0.05, 0.1) is 17.1 Å². The average Bonchev–Trinajstić information content (AvgIpc) is 2.90. The molecule has 0 fully saturated rings. The van der Waals surface area contributed by atoms with E-state index in [2.05, 4.69) is 28.3 Å². The van der Waals surface area contributed by atoms with Crippen LogP contribution in [0, 0.1) is 6.92 Å². The lowest BCUT2D eigenvalue weighted by atomic mass is 10.1. The molecule has 4 heteroatoms. The summed E-state index contributed by atoms with van der Waals surface area (Å²) < 4.78 is 1.97. The highest BCUT2D eigenvalue weighted by Gasteiger charge is 2.10. The molecular weight excluding hydrogens is 260 g/mol. The largest absolute Gasteiger partial charge is 0.363 e. The number of benzene rings is 1. The molecule has 0 spiro atoms. The molecule has 2 aromatic heterocycles. The van der Waals surface area contributed by atoms with Crippen LogP contribution >= 0.6 is 0 Å². The fourth-order valence-corrected chi connectivity index (χ4v) is 2.29. The summed E-state index contributed by atoms with van der Waals surface area (Å²) in [5, 5.41) is 4.63. The number of aryl methyl sites for hydroxylation is 1. The van der Waals surface area contributed by atoms with Gasteiger partial charge >= 0.3 is 0 Å². The van der Waals surface area contributed by atoms with Gasteiger partial charge in [-0.05, 0) is 19.1 Å². The maximum absolute atomic E-state index is 4.63. The molecule has 0 aliphatic carbocycles. The van der Waals surface area contributed by atoms with Crippen LogP contribution in [-0.2, 0) is 0 Å². The Hall–Kier alpha value is -2.62. The Balaban J connectivity index is 2.13. The molecule has 1 aromatic carbocycles. The van der Waals surface area contributed by atoms with E-state index in [4.69, 9.17) is 0 Å². The van der Waals surface area contributed by atoms with E-state index in [1.165, 1.54) is 0 Å². The van der Waals surface area contributed by atoms with E-state index in [9.17, 15) is 0 Å². The van der Waals surface area contributed by atoms with Gasteiger partial charge in [0, 0.05) is 31.9 Å². The van der Waals surface area contributed by atoms with Gasteiger partial charge in [-0.2, -0.15) is 5.10 Å². The van der Waals surface area contributed by atoms with Crippen molar-refractivity contribution in [2.75, 3.05) is 19.0 Å². The lowest BCUT2D eigenvalue weighted by Gasteiger charge is -2.13. The molecule has 0 aliphatic heterocycles. The van der Waals surface area contributed by atoms with Crippen molar-refractivity contribution < 1.29 is 0 Å². The smallest absolute Gasteiger partial charge is 0.130 e. The van der Waals surface area contributed by atoms with E-state index in [0.717, 1.165) is 28.5 Å². The van der Waals surface area contributed by atoms with E-state index in [0.29, 0.717) is 0 Å². The Labute approximate surface area is 124 Å². The third kappa shape index (κ3) is 2.65. The van der Waals surface area contributed by atoms with Crippen LogP contribution < -0.4 is 4.90 Å². The van der Waals surface area contributed by atoms with Gasteiger partial charge in [0.25, 0.3) is 0 Å². The predicted molar refractivity (Wildman–Crippen MR) is 85.9 cm³/mol. The van der Waals surface area contributed by atoms with Crippen LogP contribution in [0.15, 0.2) is 54.7 Å². The first-order chi connectivity index (χ1) is 10.1. The third-order valence-electron chi connectivity index (χ3n) is 3.33. The molecule has 0 unspecified atom stereocenters. The van der Waals surface area contributed by atoms with Crippen LogP contribution in [0.25, 0.3) is 16.9 Å². The summed E-state index contributed by atoms with van der Waals surface area (Å²) in [5.74, 6) is 0.916. The Morgan fingerprint density at radius 1 is 1.00 bits per heavy atom. The fraction of sp³-hybridized carbons (Fsp3) is 0.176. The van der Waals surface area contributed by atoms with E-state index < -0.39 is 0 Å². The molecular formula is C17H18N4. The van der Waals surface area contributed by atoms with Crippen LogP contribution in [0.1, 0.15) is 5.69 Å². The van der Waals surface area contributed by atoms with Crippen LogP contribution in [0.3, 0.4) is 0 Å². The molecule has 0 saturated carbocycles. The van der Waals surface area contributed by atoms with Gasteiger partial charge in [-0.3, -0.25) is 0 Å². The number of nitrogens with zero attached hydrogens (tertiary/aromatic N) is 4. The molecule has 0 radical (unpaired) electrons. The fourth-order valence-electron chi connectivity index (χ4n) is 2.29. The van der Waals surface area contributed by atoms with Gasteiger partial charge in [0.15, 0.2) is 0 Å². The van der Waals surface area contributed by atoms with Gasteiger partial charge in [-0.1, -0.05) is 30.3 Å². The predicted octanol–water partition coefficient (Wildman–Crippen LogP) is 3.31. The van der Waals surface area contributed by atoms with Crippen molar-refractivity contribution in [2.24, 2.45) is 0 Å². The van der Waals surface area contributed by atoms with E-state index in [1.807, 2.05) is 67.1 Å². The summed E-state index contributed by atoms with van der Waals surface area (Å²) >= 11 is 0. The molecule has 0 aliphatic rings. The van der Waals surface area contributed by atoms with Gasteiger partial charge < -0.3 is 4.90 Å². The lowest BCUT2D eigenvalue weighted by Crippen LogP contribution is -2.11. The molecule has 0 amide bonds. The van der Waals surface area contributed by atoms with Gasteiger partial charge in [0.2, 0.25) is 0 Å². The average molecular weight is 278 g/mol. The summed E-state index contributed by atoms with van der Waals surface area (Å²) in [7, 11) is 3.97. The molecule has 0 bridgehead atoms. The van der Waals surface area contributed by atoms with Crippen LogP contribution in [0.2, 0.25) is 0 Å². The van der Waals surface area contributed by atoms with Crippen LogP contribution in [0.5, 0.6) is 0 Å². The first-order valence-electron chi connectivity index (χ1n) is 6.91. The number of pyridine rings is 1. The summed E-state index contributed by atoms with van der Waals surface area (Å²) in [6.45, 7) is 2.01. The molecule has 3 aromatic rings. The monoisotopic (exact) mass is 278 g/mol. The highest BCUT2D eigenvalue weighted by molar-refractivity contribution is 5.63. The van der Waals surface area contributed by atoms with Crippen LogP contribution in [-0.4, -0.2) is 28.9 Å². The maximum Gasteiger partial charge on any atom is 0.130 e. The topological polar surface area (TPSA) is 34.0 Å². The van der Waals surface area contributed by atoms with Crippen molar-refractivity contribution in [1.82, 2.24) is 14.8 Å². The van der Waals surface area contributed by atoms with Crippen molar-refractivity contribution in [3.05, 3.63) is 60.4 Å². The summed E-state index contributed by atoms with van der Waals surface area (Å²) in [4.78, 5) is 6.35. The van der Waals surface area contributed by atoms with Crippen molar-refractivity contribution in [2.45, 2.75) is 6.92 Å². The normalized spacial score (nSPS) is 10.6. The number of anilines is 1. The molecule has 2 heterocycles. The summed E-state index contributed by atoms with van der Waals surface area (Å²) in [6, 6.07) is 16.4. The maximum atomic E-state index is 4.63. The standard InChI is InChI=1S/C17H18N4/c1-13-11-16(14-7-5-4-6-8-14)21(19-13)15-9-10-18-17(12-15)20(2)3/h4-12H,1-3H3. The van der Waals surface area contributed by atoms with Crippen molar-refractivity contribution in [3.63, 3.8) is 0 Å². The van der Waals surface area contributed by atoms with Crippen molar-refractivity contribution in [1.29, 1.82) is 0 Å². The molecule has 3 rings (SSSR count). The number of hydrogen-bond acceptors (Lipinski definition) is 3. The minimum atomic E-state index is 0.916. The van der Waals surface area contributed by atoms with Gasteiger partial charge in [-0.15, -0.1) is 0 Å². The van der Waals surface area contributed by atoms with Crippen molar-refractivity contribution >= 4 is 5.82 Å². The highest BCUT2D eigenvalue weighted by Crippen LogP contribution is 2.24. The second kappa shape index (κ2) is 5.40. The molecule has 106 valence electrons. The molecule has 21 heavy (non-hydrogen) atoms. The molecule has 4 nitrogen and oxygen atoms in total.